The molecule has 2 amide bonds. The van der Waals surface area contributed by atoms with Gasteiger partial charge in [0.15, 0.2) is 5.82 Å². The number of benzene rings is 2. The molecule has 0 aliphatic heterocycles. The Morgan fingerprint density at radius 3 is 2.33 bits per heavy atom. The molecule has 0 spiro atoms. The quantitative estimate of drug-likeness (QED) is 0.261. The van der Waals surface area contributed by atoms with Crippen LogP contribution < -0.4 is 16.4 Å². The number of ether oxygens (including phenoxy) is 1. The summed E-state index contributed by atoms with van der Waals surface area (Å²) in [6.07, 6.45) is -0.701. The van der Waals surface area contributed by atoms with Gasteiger partial charge in [0.2, 0.25) is 0 Å². The van der Waals surface area contributed by atoms with Crippen LogP contribution >= 0.6 is 11.3 Å². The van der Waals surface area contributed by atoms with Crippen LogP contribution in [0.3, 0.4) is 0 Å². The van der Waals surface area contributed by atoms with E-state index in [9.17, 15) is 14.4 Å². The highest BCUT2D eigenvalue weighted by Gasteiger charge is 2.27. The Morgan fingerprint density at radius 1 is 1.05 bits per heavy atom. The molecule has 1 unspecified atom stereocenters. The number of hydrogen-bond donors (Lipinski definition) is 3. The van der Waals surface area contributed by atoms with Crippen LogP contribution in [-0.2, 0) is 10.3 Å². The highest BCUT2D eigenvalue weighted by molar-refractivity contribution is 7.20. The maximum atomic E-state index is 13.3. The summed E-state index contributed by atoms with van der Waals surface area (Å²) in [5, 5.41) is 10.6. The summed E-state index contributed by atoms with van der Waals surface area (Å²) in [7, 11) is 0. The van der Waals surface area contributed by atoms with Gasteiger partial charge in [-0.2, -0.15) is 4.68 Å². The van der Waals surface area contributed by atoms with Crippen LogP contribution in [0.15, 0.2) is 60.7 Å². The molecule has 0 saturated heterocycles. The van der Waals surface area contributed by atoms with Crippen molar-refractivity contribution in [3.05, 3.63) is 82.2 Å². The number of thiophene rings is 1. The Balaban J connectivity index is 1.63. The summed E-state index contributed by atoms with van der Waals surface area (Å²) < 4.78 is 6.22. The van der Waals surface area contributed by atoms with Gasteiger partial charge in [-0.3, -0.25) is 9.59 Å². The van der Waals surface area contributed by atoms with E-state index in [0.717, 1.165) is 27.1 Å². The lowest BCUT2D eigenvalue weighted by Crippen LogP contribution is -2.40. The van der Waals surface area contributed by atoms with Gasteiger partial charge in [0, 0.05) is 11.6 Å². The molecule has 2 aromatic carbocycles. The highest BCUT2D eigenvalue weighted by Crippen LogP contribution is 2.33. The van der Waals surface area contributed by atoms with Gasteiger partial charge in [-0.15, -0.1) is 16.4 Å². The van der Waals surface area contributed by atoms with Crippen LogP contribution in [0, 0.1) is 5.92 Å². The topological polar surface area (TPSA) is 128 Å². The van der Waals surface area contributed by atoms with E-state index in [0.29, 0.717) is 20.7 Å². The first-order chi connectivity index (χ1) is 18.5. The zero-order valence-corrected chi connectivity index (χ0v) is 23.5. The zero-order chi connectivity index (χ0) is 28.3. The number of nitrogens with zero attached hydrogens (tertiary/aromatic N) is 2. The molecule has 9 nitrogen and oxygen atoms in total. The van der Waals surface area contributed by atoms with Crippen molar-refractivity contribution in [1.29, 1.82) is 0 Å². The molecule has 39 heavy (non-hydrogen) atoms. The van der Waals surface area contributed by atoms with Crippen LogP contribution in [0.25, 0.3) is 10.2 Å². The van der Waals surface area contributed by atoms with Gasteiger partial charge in [-0.1, -0.05) is 56.3 Å². The SMILES string of the molecule is CCOC(=O)n1nc(NC(=O)c2ccc(C(N)C(C)C)cc2)c2cc(C(=O)NC(C)(C)c3ccccc3)sc21. The number of hydrogen-bond acceptors (Lipinski definition) is 7. The molecule has 1 atom stereocenters. The molecule has 0 bridgehead atoms. The maximum absolute atomic E-state index is 13.3. The fraction of sp³-hybridized carbons (Fsp3) is 0.310. The zero-order valence-electron chi connectivity index (χ0n) is 22.6. The van der Waals surface area contributed by atoms with Crippen LogP contribution in [0.2, 0.25) is 0 Å². The lowest BCUT2D eigenvalue weighted by atomic mass is 9.94. The smallest absolute Gasteiger partial charge is 0.436 e. The van der Waals surface area contributed by atoms with Gasteiger partial charge < -0.3 is 21.1 Å². The monoisotopic (exact) mass is 547 g/mol. The molecule has 0 aliphatic rings. The van der Waals surface area contributed by atoms with E-state index in [1.807, 2.05) is 70.2 Å². The van der Waals surface area contributed by atoms with Crippen molar-refractivity contribution in [2.24, 2.45) is 11.7 Å². The van der Waals surface area contributed by atoms with Crippen molar-refractivity contribution in [3.63, 3.8) is 0 Å². The fourth-order valence-corrected chi connectivity index (χ4v) is 5.11. The van der Waals surface area contributed by atoms with E-state index in [1.54, 1.807) is 25.1 Å². The molecule has 2 heterocycles. The predicted octanol–water partition coefficient (Wildman–Crippen LogP) is 5.68. The molecule has 204 valence electrons. The molecule has 10 heteroatoms. The number of aromatic nitrogens is 2. The second-order valence-corrected chi connectivity index (χ2v) is 11.1. The highest BCUT2D eigenvalue weighted by atomic mass is 32.1. The van der Waals surface area contributed by atoms with Crippen molar-refractivity contribution in [1.82, 2.24) is 15.1 Å². The molecule has 4 rings (SSSR count). The van der Waals surface area contributed by atoms with Crippen molar-refractivity contribution < 1.29 is 19.1 Å². The van der Waals surface area contributed by atoms with Gasteiger partial charge in [0.05, 0.1) is 22.4 Å². The molecule has 0 aliphatic carbocycles. The van der Waals surface area contributed by atoms with Crippen LogP contribution in [0.5, 0.6) is 0 Å². The summed E-state index contributed by atoms with van der Waals surface area (Å²) >= 11 is 1.10. The molecular weight excluding hydrogens is 514 g/mol. The van der Waals surface area contributed by atoms with E-state index in [-0.39, 0.29) is 30.3 Å². The number of carbonyl (C=O) groups excluding carboxylic acids is 3. The number of nitrogens with two attached hydrogens (primary N) is 1. The summed E-state index contributed by atoms with van der Waals surface area (Å²) in [4.78, 5) is 39.7. The first-order valence-electron chi connectivity index (χ1n) is 12.8. The lowest BCUT2D eigenvalue weighted by molar-refractivity contribution is 0.0915. The minimum Gasteiger partial charge on any atom is -0.448 e. The average Bonchev–Trinajstić information content (AvgIpc) is 3.49. The molecule has 2 aromatic heterocycles. The van der Waals surface area contributed by atoms with Gasteiger partial charge in [-0.25, -0.2) is 4.79 Å². The molecule has 0 saturated carbocycles. The van der Waals surface area contributed by atoms with Crippen molar-refractivity contribution in [2.45, 2.75) is 46.2 Å². The number of carbonyl (C=O) groups is 3. The van der Waals surface area contributed by atoms with E-state index in [1.165, 1.54) is 0 Å². The van der Waals surface area contributed by atoms with E-state index >= 15 is 0 Å². The maximum Gasteiger partial charge on any atom is 0.436 e. The van der Waals surface area contributed by atoms with Gasteiger partial charge in [0.25, 0.3) is 11.8 Å². The van der Waals surface area contributed by atoms with Crippen molar-refractivity contribution >= 4 is 45.3 Å². The van der Waals surface area contributed by atoms with Gasteiger partial charge in [-0.05, 0) is 56.0 Å². The standard InChI is InChI=1S/C29H33N5O4S/c1-6-38-28(37)34-27-21(16-22(39-27)26(36)32-29(4,5)20-10-8-7-9-11-20)24(33-34)31-25(35)19-14-12-18(13-15-19)23(30)17(2)3/h7-17,23H,6,30H2,1-5H3,(H,32,36)(H,31,33,35). The third kappa shape index (κ3) is 6.02. The summed E-state index contributed by atoms with van der Waals surface area (Å²) in [5.41, 5.74) is 7.87. The normalized spacial score (nSPS) is 12.4. The molecule has 0 radical (unpaired) electrons. The molecule has 4 N–H and O–H groups in total. The minimum absolute atomic E-state index is 0.135. The second-order valence-electron chi connectivity index (χ2n) is 10.1. The number of nitrogens with one attached hydrogen (secondary N) is 2. The first-order valence-corrected chi connectivity index (χ1v) is 13.6. The summed E-state index contributed by atoms with van der Waals surface area (Å²) in [6, 6.07) is 18.2. The summed E-state index contributed by atoms with van der Waals surface area (Å²) in [5.74, 6) is -0.302. The first kappa shape index (κ1) is 28.0. The molecular formula is C29H33N5O4S. The van der Waals surface area contributed by atoms with Crippen molar-refractivity contribution in [3.8, 4) is 0 Å². The second kappa shape index (κ2) is 11.4. The van der Waals surface area contributed by atoms with Crippen LogP contribution in [-0.4, -0.2) is 34.3 Å². The van der Waals surface area contributed by atoms with E-state index < -0.39 is 17.5 Å². The van der Waals surface area contributed by atoms with Crippen LogP contribution in [0.1, 0.15) is 71.8 Å². The average molecular weight is 548 g/mol. The van der Waals surface area contributed by atoms with Crippen LogP contribution in [0.4, 0.5) is 10.6 Å². The third-order valence-corrected chi connectivity index (χ3v) is 7.56. The number of fused-ring (bicyclic) bond motifs is 1. The Hall–Kier alpha value is -4.02. The lowest BCUT2D eigenvalue weighted by Gasteiger charge is -2.26. The van der Waals surface area contributed by atoms with Gasteiger partial charge >= 0.3 is 6.09 Å². The largest absolute Gasteiger partial charge is 0.448 e. The Kier molecular flexibility index (Phi) is 8.17. The molecule has 0 fully saturated rings. The minimum atomic E-state index is -0.701. The number of amides is 2. The van der Waals surface area contributed by atoms with E-state index in [2.05, 4.69) is 15.7 Å². The van der Waals surface area contributed by atoms with E-state index in [4.69, 9.17) is 10.5 Å². The van der Waals surface area contributed by atoms with Gasteiger partial charge in [0.1, 0.15) is 4.83 Å². The summed E-state index contributed by atoms with van der Waals surface area (Å²) in [6.45, 7) is 9.74. The Labute approximate surface area is 231 Å². The number of anilines is 1. The fourth-order valence-electron chi connectivity index (χ4n) is 4.11. The Bertz CT molecular complexity index is 1490. The van der Waals surface area contributed by atoms with Crippen molar-refractivity contribution in [2.75, 3.05) is 11.9 Å². The third-order valence-electron chi connectivity index (χ3n) is 6.45. The Morgan fingerprint density at radius 2 is 1.72 bits per heavy atom. The number of rotatable bonds is 8. The molecule has 4 aromatic rings. The predicted molar refractivity (Wildman–Crippen MR) is 153 cm³/mol.